The van der Waals surface area contributed by atoms with Crippen LogP contribution < -0.4 is 5.32 Å². The van der Waals surface area contributed by atoms with Crippen molar-refractivity contribution in [2.45, 2.75) is 20.0 Å². The second-order valence-corrected chi connectivity index (χ2v) is 2.96. The van der Waals surface area contributed by atoms with Gasteiger partial charge in [0.15, 0.2) is 5.82 Å². The van der Waals surface area contributed by atoms with E-state index in [4.69, 9.17) is 4.42 Å². The molecule has 2 aromatic heterocycles. The van der Waals surface area contributed by atoms with Crippen LogP contribution in [0.3, 0.4) is 0 Å². The van der Waals surface area contributed by atoms with Crippen LogP contribution in [0, 0.1) is 6.92 Å². The molecule has 2 rings (SSSR count). The molecule has 0 fully saturated rings. The summed E-state index contributed by atoms with van der Waals surface area (Å²) in [5, 5.41) is 6.81. The molecule has 5 heteroatoms. The first kappa shape index (κ1) is 8.96. The third-order valence-corrected chi connectivity index (χ3v) is 1.79. The van der Waals surface area contributed by atoms with Gasteiger partial charge < -0.3 is 14.3 Å². The summed E-state index contributed by atoms with van der Waals surface area (Å²) in [5.74, 6) is 2.47. The van der Waals surface area contributed by atoms with Crippen LogP contribution in [0.4, 0.5) is 0 Å². The van der Waals surface area contributed by atoms with E-state index in [0.717, 1.165) is 11.5 Å². The van der Waals surface area contributed by atoms with Crippen molar-refractivity contribution in [3.63, 3.8) is 0 Å². The van der Waals surface area contributed by atoms with E-state index in [1.165, 1.54) is 6.39 Å². The maximum atomic E-state index is 5.38. The molecule has 2 heterocycles. The molecular weight excluding hydrogens is 182 g/mol. The SMILES string of the molecule is Cc1ccc(CNCc2ncon2)o1. The van der Waals surface area contributed by atoms with Gasteiger partial charge in [-0.05, 0) is 19.1 Å². The molecule has 0 aliphatic heterocycles. The molecule has 14 heavy (non-hydrogen) atoms. The van der Waals surface area contributed by atoms with E-state index in [1.54, 1.807) is 0 Å². The summed E-state index contributed by atoms with van der Waals surface area (Å²) in [6.45, 7) is 3.17. The predicted octanol–water partition coefficient (Wildman–Crippen LogP) is 1.26. The van der Waals surface area contributed by atoms with Crippen LogP contribution in [0.1, 0.15) is 17.3 Å². The summed E-state index contributed by atoms with van der Waals surface area (Å²) >= 11 is 0. The van der Waals surface area contributed by atoms with Crippen molar-refractivity contribution in [1.82, 2.24) is 15.5 Å². The van der Waals surface area contributed by atoms with Crippen molar-refractivity contribution in [2.24, 2.45) is 0 Å². The Morgan fingerprint density at radius 2 is 2.29 bits per heavy atom. The number of furan rings is 1. The van der Waals surface area contributed by atoms with Gasteiger partial charge in [0, 0.05) is 0 Å². The van der Waals surface area contributed by atoms with E-state index in [9.17, 15) is 0 Å². The van der Waals surface area contributed by atoms with Gasteiger partial charge in [0.1, 0.15) is 11.5 Å². The number of hydrogen-bond donors (Lipinski definition) is 1. The Balaban J connectivity index is 1.78. The number of nitrogens with zero attached hydrogens (tertiary/aromatic N) is 2. The molecule has 1 N–H and O–H groups in total. The van der Waals surface area contributed by atoms with Crippen LogP contribution >= 0.6 is 0 Å². The maximum Gasteiger partial charge on any atom is 0.213 e. The minimum absolute atomic E-state index is 0.580. The zero-order valence-electron chi connectivity index (χ0n) is 7.86. The minimum Gasteiger partial charge on any atom is -0.465 e. The van der Waals surface area contributed by atoms with Gasteiger partial charge in [0.2, 0.25) is 6.39 Å². The smallest absolute Gasteiger partial charge is 0.213 e. The van der Waals surface area contributed by atoms with Crippen molar-refractivity contribution in [1.29, 1.82) is 0 Å². The molecule has 0 atom stereocenters. The molecular formula is C9H11N3O2. The molecule has 0 saturated carbocycles. The average molecular weight is 193 g/mol. The second-order valence-electron chi connectivity index (χ2n) is 2.96. The Bertz CT molecular complexity index is 380. The molecule has 0 radical (unpaired) electrons. The van der Waals surface area contributed by atoms with Gasteiger partial charge in [-0.25, -0.2) is 0 Å². The Kier molecular flexibility index (Phi) is 2.60. The standard InChI is InChI=1S/C9H11N3O2/c1-7-2-3-8(14-7)4-10-5-9-11-6-13-12-9/h2-3,6,10H,4-5H2,1H3. The summed E-state index contributed by atoms with van der Waals surface area (Å²) in [4.78, 5) is 3.88. The molecule has 0 unspecified atom stereocenters. The summed E-state index contributed by atoms with van der Waals surface area (Å²) in [5.41, 5.74) is 0. The Hall–Kier alpha value is -1.62. The lowest BCUT2D eigenvalue weighted by Gasteiger charge is -1.97. The van der Waals surface area contributed by atoms with Gasteiger partial charge in [-0.1, -0.05) is 5.16 Å². The molecule has 0 aromatic carbocycles. The number of aromatic nitrogens is 2. The van der Waals surface area contributed by atoms with Crippen molar-refractivity contribution in [3.05, 3.63) is 35.9 Å². The second kappa shape index (κ2) is 4.06. The number of aryl methyl sites for hydroxylation is 1. The summed E-state index contributed by atoms with van der Waals surface area (Å²) in [6, 6.07) is 3.88. The van der Waals surface area contributed by atoms with Gasteiger partial charge in [-0.2, -0.15) is 4.98 Å². The molecule has 74 valence electrons. The molecule has 0 saturated heterocycles. The monoisotopic (exact) mass is 193 g/mol. The first-order chi connectivity index (χ1) is 6.84. The van der Waals surface area contributed by atoms with Crippen LogP contribution in [0.5, 0.6) is 0 Å². The van der Waals surface area contributed by atoms with E-state index < -0.39 is 0 Å². The lowest BCUT2D eigenvalue weighted by molar-refractivity contribution is 0.404. The normalized spacial score (nSPS) is 10.6. The van der Waals surface area contributed by atoms with Crippen LogP contribution in [0.25, 0.3) is 0 Å². The minimum atomic E-state index is 0.580. The van der Waals surface area contributed by atoms with Gasteiger partial charge in [-0.15, -0.1) is 0 Å². The van der Waals surface area contributed by atoms with Crippen LogP contribution in [-0.4, -0.2) is 10.1 Å². The third-order valence-electron chi connectivity index (χ3n) is 1.79. The molecule has 0 bridgehead atoms. The highest BCUT2D eigenvalue weighted by Crippen LogP contribution is 2.05. The largest absolute Gasteiger partial charge is 0.465 e. The highest BCUT2D eigenvalue weighted by atomic mass is 16.5. The Labute approximate surface area is 81.1 Å². The number of hydrogen-bond acceptors (Lipinski definition) is 5. The fraction of sp³-hybridized carbons (Fsp3) is 0.333. The van der Waals surface area contributed by atoms with Crippen molar-refractivity contribution < 1.29 is 8.94 Å². The third kappa shape index (κ3) is 2.20. The van der Waals surface area contributed by atoms with Gasteiger partial charge >= 0.3 is 0 Å². The fourth-order valence-corrected chi connectivity index (χ4v) is 1.15. The van der Waals surface area contributed by atoms with Crippen molar-refractivity contribution >= 4 is 0 Å². The summed E-state index contributed by atoms with van der Waals surface area (Å²) in [7, 11) is 0. The van der Waals surface area contributed by atoms with Crippen molar-refractivity contribution in [2.75, 3.05) is 0 Å². The molecule has 0 aliphatic carbocycles. The zero-order valence-corrected chi connectivity index (χ0v) is 7.86. The fourth-order valence-electron chi connectivity index (χ4n) is 1.15. The lowest BCUT2D eigenvalue weighted by Crippen LogP contribution is -2.13. The van der Waals surface area contributed by atoms with Crippen LogP contribution in [0.15, 0.2) is 27.5 Å². The topological polar surface area (TPSA) is 64.1 Å². The maximum absolute atomic E-state index is 5.38. The first-order valence-corrected chi connectivity index (χ1v) is 4.36. The van der Waals surface area contributed by atoms with Gasteiger partial charge in [0.05, 0.1) is 13.1 Å². The predicted molar refractivity (Wildman–Crippen MR) is 48.3 cm³/mol. The lowest BCUT2D eigenvalue weighted by atomic mass is 10.4. The van der Waals surface area contributed by atoms with E-state index >= 15 is 0 Å². The van der Waals surface area contributed by atoms with Crippen molar-refractivity contribution in [3.8, 4) is 0 Å². The Morgan fingerprint density at radius 3 is 2.93 bits per heavy atom. The Morgan fingerprint density at radius 1 is 1.36 bits per heavy atom. The average Bonchev–Trinajstić information content (AvgIpc) is 2.77. The molecule has 5 nitrogen and oxygen atoms in total. The molecule has 0 aliphatic rings. The van der Waals surface area contributed by atoms with Crippen LogP contribution in [0.2, 0.25) is 0 Å². The highest BCUT2D eigenvalue weighted by molar-refractivity contribution is 5.05. The van der Waals surface area contributed by atoms with E-state index in [1.807, 2.05) is 19.1 Å². The highest BCUT2D eigenvalue weighted by Gasteiger charge is 2.00. The molecule has 0 spiro atoms. The number of rotatable bonds is 4. The van der Waals surface area contributed by atoms with Crippen LogP contribution in [-0.2, 0) is 13.1 Å². The van der Waals surface area contributed by atoms with Gasteiger partial charge in [0.25, 0.3) is 0 Å². The quantitative estimate of drug-likeness (QED) is 0.791. The van der Waals surface area contributed by atoms with E-state index in [2.05, 4.69) is 20.0 Å². The summed E-state index contributed by atoms with van der Waals surface area (Å²) in [6.07, 6.45) is 1.31. The van der Waals surface area contributed by atoms with E-state index in [-0.39, 0.29) is 0 Å². The first-order valence-electron chi connectivity index (χ1n) is 4.36. The molecule has 0 amide bonds. The van der Waals surface area contributed by atoms with Gasteiger partial charge in [-0.3, -0.25) is 0 Å². The number of nitrogens with one attached hydrogen (secondary N) is 1. The molecule has 2 aromatic rings. The summed E-state index contributed by atoms with van der Waals surface area (Å²) < 4.78 is 9.97. The van der Waals surface area contributed by atoms with E-state index in [0.29, 0.717) is 18.9 Å². The zero-order chi connectivity index (χ0) is 9.80.